The molecular formula is C15H22N4O2S2. The van der Waals surface area contributed by atoms with Gasteiger partial charge in [0.15, 0.2) is 9.54 Å². The third kappa shape index (κ3) is 4.09. The lowest BCUT2D eigenvalue weighted by molar-refractivity contribution is -0.132. The van der Waals surface area contributed by atoms with Crippen molar-refractivity contribution in [2.24, 2.45) is 10.1 Å². The summed E-state index contributed by atoms with van der Waals surface area (Å²) < 4.78 is 0.817. The Bertz CT molecular complexity index is 550. The first-order valence-electron chi connectivity index (χ1n) is 8.25. The zero-order valence-corrected chi connectivity index (χ0v) is 15.0. The number of rotatable bonds is 3. The fourth-order valence-electron chi connectivity index (χ4n) is 3.08. The van der Waals surface area contributed by atoms with E-state index in [4.69, 9.17) is 0 Å². The number of nitrogens with zero attached hydrogens (tertiary/aromatic N) is 4. The molecule has 3 aliphatic heterocycles. The highest BCUT2D eigenvalue weighted by molar-refractivity contribution is 8.45. The van der Waals surface area contributed by atoms with Crippen LogP contribution in [-0.4, -0.2) is 56.2 Å². The van der Waals surface area contributed by atoms with E-state index in [1.54, 1.807) is 5.01 Å². The number of piperidine rings is 1. The van der Waals surface area contributed by atoms with Crippen LogP contribution in [0.5, 0.6) is 0 Å². The zero-order chi connectivity index (χ0) is 16.2. The van der Waals surface area contributed by atoms with Crippen LogP contribution in [-0.2, 0) is 9.59 Å². The summed E-state index contributed by atoms with van der Waals surface area (Å²) in [6.45, 7) is 3.75. The monoisotopic (exact) mass is 354 g/mol. The molecule has 0 radical (unpaired) electrons. The smallest absolute Gasteiger partial charge is 0.248 e. The Kier molecular flexibility index (Phi) is 5.63. The predicted molar refractivity (Wildman–Crippen MR) is 95.5 cm³/mol. The highest BCUT2D eigenvalue weighted by Crippen LogP contribution is 2.30. The maximum atomic E-state index is 12.5. The molecule has 3 rings (SSSR count). The van der Waals surface area contributed by atoms with E-state index in [9.17, 15) is 9.59 Å². The Hall–Kier alpha value is -1.02. The van der Waals surface area contributed by atoms with E-state index in [0.29, 0.717) is 23.4 Å². The van der Waals surface area contributed by atoms with Crippen LogP contribution in [0.4, 0.5) is 0 Å². The number of hydrogen-bond acceptors (Lipinski definition) is 6. The number of carbonyl (C=O) groups is 2. The molecule has 1 atom stereocenters. The normalized spacial score (nSPS) is 24.9. The van der Waals surface area contributed by atoms with Crippen LogP contribution in [0.3, 0.4) is 0 Å². The Morgan fingerprint density at radius 2 is 2.22 bits per heavy atom. The fourth-order valence-corrected chi connectivity index (χ4v) is 4.97. The Labute approximate surface area is 145 Å². The summed E-state index contributed by atoms with van der Waals surface area (Å²) in [4.78, 5) is 30.1. The lowest BCUT2D eigenvalue weighted by Crippen LogP contribution is -2.44. The lowest BCUT2D eigenvalue weighted by Gasteiger charge is -2.35. The summed E-state index contributed by atoms with van der Waals surface area (Å²) in [6.07, 6.45) is 5.74. The van der Waals surface area contributed by atoms with Gasteiger partial charge in [-0.1, -0.05) is 18.7 Å². The van der Waals surface area contributed by atoms with Crippen molar-refractivity contribution in [3.63, 3.8) is 0 Å². The summed E-state index contributed by atoms with van der Waals surface area (Å²) in [5.41, 5.74) is 0. The number of hydrazone groups is 1. The quantitative estimate of drug-likeness (QED) is 0.779. The van der Waals surface area contributed by atoms with E-state index < -0.39 is 0 Å². The minimum absolute atomic E-state index is 0.0772. The molecule has 0 bridgehead atoms. The van der Waals surface area contributed by atoms with E-state index >= 15 is 0 Å². The topological polar surface area (TPSA) is 65.3 Å². The molecule has 2 amide bonds. The number of carbonyl (C=O) groups excluding carboxylic acids is 2. The van der Waals surface area contributed by atoms with Crippen LogP contribution < -0.4 is 0 Å². The van der Waals surface area contributed by atoms with Crippen molar-refractivity contribution in [2.45, 2.75) is 51.5 Å². The third-order valence-corrected chi connectivity index (χ3v) is 6.38. The second-order valence-electron chi connectivity index (χ2n) is 5.92. The van der Waals surface area contributed by atoms with E-state index in [2.05, 4.69) is 17.0 Å². The second kappa shape index (κ2) is 7.70. The van der Waals surface area contributed by atoms with Crippen molar-refractivity contribution in [2.75, 3.05) is 18.8 Å². The van der Waals surface area contributed by atoms with Gasteiger partial charge in [-0.15, -0.1) is 0 Å². The molecule has 3 aliphatic rings. The van der Waals surface area contributed by atoms with Gasteiger partial charge in [-0.2, -0.15) is 10.1 Å². The largest absolute Gasteiger partial charge is 0.339 e. The van der Waals surface area contributed by atoms with Gasteiger partial charge in [-0.3, -0.25) is 9.59 Å². The fraction of sp³-hybridized carbons (Fsp3) is 0.733. The highest BCUT2D eigenvalue weighted by Gasteiger charge is 2.29. The minimum Gasteiger partial charge on any atom is -0.339 e. The average molecular weight is 355 g/mol. The SMILES string of the molecule is CC[C@H]1CCCCN1C(=O)CSC1=NN2CCCC(=O)N=C2S1. The summed E-state index contributed by atoms with van der Waals surface area (Å²) in [6, 6.07) is 0.395. The Morgan fingerprint density at radius 1 is 1.35 bits per heavy atom. The van der Waals surface area contributed by atoms with Gasteiger partial charge in [0, 0.05) is 25.6 Å². The molecule has 0 aromatic heterocycles. The molecule has 0 spiro atoms. The van der Waals surface area contributed by atoms with Crippen molar-refractivity contribution in [3.05, 3.63) is 0 Å². The molecule has 0 aromatic carbocycles. The van der Waals surface area contributed by atoms with Crippen molar-refractivity contribution in [3.8, 4) is 0 Å². The number of amides is 2. The van der Waals surface area contributed by atoms with Crippen molar-refractivity contribution in [1.82, 2.24) is 9.91 Å². The molecule has 6 nitrogen and oxygen atoms in total. The number of thioether (sulfide) groups is 2. The van der Waals surface area contributed by atoms with E-state index in [1.807, 2.05) is 4.90 Å². The van der Waals surface area contributed by atoms with Crippen molar-refractivity contribution < 1.29 is 9.59 Å². The zero-order valence-electron chi connectivity index (χ0n) is 13.4. The van der Waals surface area contributed by atoms with Gasteiger partial charge >= 0.3 is 0 Å². The summed E-state index contributed by atoms with van der Waals surface area (Å²) in [5, 5.41) is 6.93. The van der Waals surface area contributed by atoms with Gasteiger partial charge in [0.25, 0.3) is 0 Å². The average Bonchev–Trinajstić information content (AvgIpc) is 2.85. The Balaban J connectivity index is 1.54. The van der Waals surface area contributed by atoms with Gasteiger partial charge in [0.05, 0.1) is 5.75 Å². The molecule has 0 aliphatic carbocycles. The van der Waals surface area contributed by atoms with Crippen LogP contribution >= 0.6 is 23.5 Å². The molecule has 1 fully saturated rings. The second-order valence-corrected chi connectivity index (χ2v) is 8.09. The molecule has 0 N–H and O–H groups in total. The minimum atomic E-state index is -0.0772. The van der Waals surface area contributed by atoms with Gasteiger partial charge in [0.2, 0.25) is 11.8 Å². The molecule has 126 valence electrons. The van der Waals surface area contributed by atoms with Crippen LogP contribution in [0.2, 0.25) is 0 Å². The molecular weight excluding hydrogens is 332 g/mol. The number of hydrogen-bond donors (Lipinski definition) is 0. The van der Waals surface area contributed by atoms with E-state index in [0.717, 1.165) is 43.1 Å². The highest BCUT2D eigenvalue weighted by atomic mass is 32.2. The van der Waals surface area contributed by atoms with E-state index in [1.165, 1.54) is 29.9 Å². The predicted octanol–water partition coefficient (Wildman–Crippen LogP) is 2.51. The first-order valence-corrected chi connectivity index (χ1v) is 10.1. The molecule has 1 saturated heterocycles. The van der Waals surface area contributed by atoms with Gasteiger partial charge in [0.1, 0.15) is 0 Å². The third-order valence-electron chi connectivity index (χ3n) is 4.32. The molecule has 0 saturated carbocycles. The lowest BCUT2D eigenvalue weighted by atomic mass is 10.0. The summed E-state index contributed by atoms with van der Waals surface area (Å²) >= 11 is 2.86. The van der Waals surface area contributed by atoms with Gasteiger partial charge < -0.3 is 4.90 Å². The van der Waals surface area contributed by atoms with Crippen LogP contribution in [0.15, 0.2) is 10.1 Å². The molecule has 0 aromatic rings. The number of aliphatic imine (C=N–C) groups is 1. The number of fused-ring (bicyclic) bond motifs is 1. The van der Waals surface area contributed by atoms with E-state index in [-0.39, 0.29) is 11.8 Å². The molecule has 23 heavy (non-hydrogen) atoms. The van der Waals surface area contributed by atoms with Crippen molar-refractivity contribution in [1.29, 1.82) is 0 Å². The summed E-state index contributed by atoms with van der Waals surface area (Å²) in [5.74, 6) is 0.536. The van der Waals surface area contributed by atoms with Crippen LogP contribution in [0, 0.1) is 0 Å². The molecule has 0 unspecified atom stereocenters. The molecule has 3 heterocycles. The number of amidine groups is 1. The standard InChI is InChI=1S/C15H22N4O2S2/c1-2-11-6-3-4-8-18(11)13(21)10-22-15-17-19-9-5-7-12(20)16-14(19)23-15/h11H,2-10H2,1H3/t11-/m0/s1. The first kappa shape index (κ1) is 16.8. The van der Waals surface area contributed by atoms with Crippen LogP contribution in [0.25, 0.3) is 0 Å². The maximum absolute atomic E-state index is 12.5. The van der Waals surface area contributed by atoms with Crippen molar-refractivity contribution >= 4 is 44.9 Å². The first-order chi connectivity index (χ1) is 11.2. The number of likely N-dealkylation sites (tertiary alicyclic amines) is 1. The molecule has 8 heteroatoms. The summed E-state index contributed by atoms with van der Waals surface area (Å²) in [7, 11) is 0. The van der Waals surface area contributed by atoms with Gasteiger partial charge in [-0.05, 0) is 43.9 Å². The van der Waals surface area contributed by atoms with Gasteiger partial charge in [-0.25, -0.2) is 5.01 Å². The Morgan fingerprint density at radius 3 is 3.04 bits per heavy atom. The van der Waals surface area contributed by atoms with Crippen LogP contribution in [0.1, 0.15) is 45.4 Å². The maximum Gasteiger partial charge on any atom is 0.248 e.